The zero-order valence-corrected chi connectivity index (χ0v) is 16.8. The van der Waals surface area contributed by atoms with E-state index in [0.717, 1.165) is 54.5 Å². The molecule has 4 heterocycles. The number of pyridine rings is 1. The number of benzene rings is 1. The fraction of sp³-hybridized carbons (Fsp3) is 0.273. The zero-order chi connectivity index (χ0) is 21.0. The van der Waals surface area contributed by atoms with E-state index in [0.29, 0.717) is 0 Å². The Balaban J connectivity index is 1.60. The minimum Gasteiger partial charge on any atom is -0.508 e. The second-order valence-electron chi connectivity index (χ2n) is 7.79. The van der Waals surface area contributed by atoms with Crippen LogP contribution in [0.5, 0.6) is 17.2 Å². The van der Waals surface area contributed by atoms with Crippen molar-refractivity contribution in [2.24, 2.45) is 7.05 Å². The summed E-state index contributed by atoms with van der Waals surface area (Å²) in [6.07, 6.45) is 5.41. The summed E-state index contributed by atoms with van der Waals surface area (Å²) in [4.78, 5) is 22.0. The number of anilines is 1. The lowest BCUT2D eigenvalue weighted by molar-refractivity contribution is 0.101. The Morgan fingerprint density at radius 3 is 2.67 bits per heavy atom. The quantitative estimate of drug-likeness (QED) is 0.631. The number of ketones is 1. The first-order chi connectivity index (χ1) is 14.4. The van der Waals surface area contributed by atoms with Gasteiger partial charge in [0.1, 0.15) is 28.5 Å². The zero-order valence-electron chi connectivity index (χ0n) is 16.8. The SMILES string of the molecule is CN1CCN(c2ccnc3c2c(/C=C2\Oc4cc(O)cc(O)c4C2=O)cn3C)CC1. The van der Waals surface area contributed by atoms with E-state index in [1.54, 1.807) is 12.3 Å². The van der Waals surface area contributed by atoms with Crippen molar-refractivity contribution in [3.63, 3.8) is 0 Å². The predicted molar refractivity (Wildman–Crippen MR) is 113 cm³/mol. The van der Waals surface area contributed by atoms with Crippen molar-refractivity contribution in [1.29, 1.82) is 0 Å². The van der Waals surface area contributed by atoms with Crippen LogP contribution < -0.4 is 9.64 Å². The summed E-state index contributed by atoms with van der Waals surface area (Å²) in [5, 5.41) is 20.7. The molecule has 1 fully saturated rings. The molecule has 0 bridgehead atoms. The molecule has 2 aliphatic rings. The van der Waals surface area contributed by atoms with Crippen molar-refractivity contribution < 1.29 is 19.7 Å². The fourth-order valence-corrected chi connectivity index (χ4v) is 4.16. The molecule has 0 spiro atoms. The predicted octanol–water partition coefficient (Wildman–Crippen LogP) is 2.35. The Labute approximate surface area is 173 Å². The molecule has 5 rings (SSSR count). The van der Waals surface area contributed by atoms with Crippen LogP contribution in [0.2, 0.25) is 0 Å². The van der Waals surface area contributed by atoms with Crippen molar-refractivity contribution in [3.8, 4) is 17.2 Å². The summed E-state index contributed by atoms with van der Waals surface area (Å²) in [5.41, 5.74) is 2.77. The third kappa shape index (κ3) is 2.88. The minimum absolute atomic E-state index is 0.0664. The molecule has 3 aromatic rings. The summed E-state index contributed by atoms with van der Waals surface area (Å²) in [5.74, 6) is -0.611. The van der Waals surface area contributed by atoms with E-state index < -0.39 is 5.78 Å². The highest BCUT2D eigenvalue weighted by Gasteiger charge is 2.32. The Hall–Kier alpha value is -3.52. The molecule has 0 saturated carbocycles. The number of nitrogens with zero attached hydrogens (tertiary/aromatic N) is 4. The molecule has 2 N–H and O–H groups in total. The number of hydrogen-bond acceptors (Lipinski definition) is 7. The molecule has 0 unspecified atom stereocenters. The number of aromatic hydroxyl groups is 2. The standard InChI is InChI=1S/C22H22N4O4/c1-24-5-7-26(8-6-24)15-3-4-23-22-19(15)13(12-25(22)2)9-18-21(29)20-16(28)10-14(27)11-17(20)30-18/h3-4,9-12,27-28H,5-8H2,1-2H3/b18-9-. The van der Waals surface area contributed by atoms with Crippen molar-refractivity contribution in [3.05, 3.63) is 47.5 Å². The summed E-state index contributed by atoms with van der Waals surface area (Å²) < 4.78 is 7.61. The number of fused-ring (bicyclic) bond motifs is 2. The van der Waals surface area contributed by atoms with Gasteiger partial charge < -0.3 is 29.3 Å². The number of carbonyl (C=O) groups excluding carboxylic acids is 1. The maximum Gasteiger partial charge on any atom is 0.235 e. The average Bonchev–Trinajstić information content (AvgIpc) is 3.19. The molecule has 2 aliphatic heterocycles. The van der Waals surface area contributed by atoms with Crippen LogP contribution in [0.3, 0.4) is 0 Å². The Morgan fingerprint density at radius 1 is 1.13 bits per heavy atom. The minimum atomic E-state index is -0.412. The lowest BCUT2D eigenvalue weighted by atomic mass is 10.1. The van der Waals surface area contributed by atoms with Gasteiger partial charge in [-0.3, -0.25) is 4.79 Å². The number of hydrogen-bond donors (Lipinski definition) is 2. The van der Waals surface area contributed by atoms with Gasteiger partial charge in [-0.15, -0.1) is 0 Å². The number of carbonyl (C=O) groups is 1. The first kappa shape index (κ1) is 18.5. The van der Waals surface area contributed by atoms with Gasteiger partial charge in [0, 0.05) is 74.4 Å². The molecule has 154 valence electrons. The maximum atomic E-state index is 12.8. The smallest absolute Gasteiger partial charge is 0.235 e. The van der Waals surface area contributed by atoms with Gasteiger partial charge in [0.15, 0.2) is 5.76 Å². The third-order valence-electron chi connectivity index (χ3n) is 5.73. The lowest BCUT2D eigenvalue weighted by Gasteiger charge is -2.34. The summed E-state index contributed by atoms with van der Waals surface area (Å²) in [6, 6.07) is 4.47. The Kier molecular flexibility index (Phi) is 4.18. The van der Waals surface area contributed by atoms with Gasteiger partial charge in [0.2, 0.25) is 5.78 Å². The van der Waals surface area contributed by atoms with Gasteiger partial charge in [-0.1, -0.05) is 0 Å². The van der Waals surface area contributed by atoms with Gasteiger partial charge >= 0.3 is 0 Å². The van der Waals surface area contributed by atoms with Crippen LogP contribution >= 0.6 is 0 Å². The molecule has 0 amide bonds. The van der Waals surface area contributed by atoms with Crippen LogP contribution in [0.4, 0.5) is 5.69 Å². The van der Waals surface area contributed by atoms with Crippen molar-refractivity contribution >= 4 is 28.6 Å². The van der Waals surface area contributed by atoms with E-state index >= 15 is 0 Å². The second-order valence-corrected chi connectivity index (χ2v) is 7.79. The number of phenols is 2. The van der Waals surface area contributed by atoms with Crippen LogP contribution in [-0.2, 0) is 7.05 Å². The van der Waals surface area contributed by atoms with E-state index in [2.05, 4.69) is 21.8 Å². The molecule has 8 nitrogen and oxygen atoms in total. The van der Waals surface area contributed by atoms with Crippen molar-refractivity contribution in [2.75, 3.05) is 38.1 Å². The van der Waals surface area contributed by atoms with E-state index in [-0.39, 0.29) is 28.6 Å². The molecule has 2 aromatic heterocycles. The highest BCUT2D eigenvalue weighted by molar-refractivity contribution is 6.17. The number of ether oxygens (including phenoxy) is 1. The third-order valence-corrected chi connectivity index (χ3v) is 5.73. The average molecular weight is 406 g/mol. The van der Waals surface area contributed by atoms with Crippen LogP contribution in [0.25, 0.3) is 17.1 Å². The molecule has 0 radical (unpaired) electrons. The number of allylic oxidation sites excluding steroid dienone is 1. The molecule has 0 aliphatic carbocycles. The van der Waals surface area contributed by atoms with Crippen molar-refractivity contribution in [1.82, 2.24) is 14.5 Å². The normalized spacial score (nSPS) is 18.3. The van der Waals surface area contributed by atoms with Crippen LogP contribution in [0, 0.1) is 0 Å². The van der Waals surface area contributed by atoms with Gasteiger partial charge in [0.25, 0.3) is 0 Å². The van der Waals surface area contributed by atoms with Crippen molar-refractivity contribution in [2.45, 2.75) is 0 Å². The second kappa shape index (κ2) is 6.77. The molecule has 1 saturated heterocycles. The van der Waals surface area contributed by atoms with Crippen LogP contribution in [0.15, 0.2) is 36.4 Å². The summed E-state index contributed by atoms with van der Waals surface area (Å²) in [6.45, 7) is 3.78. The highest BCUT2D eigenvalue weighted by Crippen LogP contribution is 2.41. The summed E-state index contributed by atoms with van der Waals surface area (Å²) >= 11 is 0. The number of likely N-dealkylation sites (N-methyl/N-ethyl adjacent to an activating group) is 1. The number of aryl methyl sites for hydroxylation is 1. The summed E-state index contributed by atoms with van der Waals surface area (Å²) in [7, 11) is 4.03. The first-order valence-electron chi connectivity index (χ1n) is 9.80. The number of Topliss-reactive ketones (excluding diaryl/α,β-unsaturated/α-hetero) is 1. The lowest BCUT2D eigenvalue weighted by Crippen LogP contribution is -2.44. The number of phenolic OH excluding ortho intramolecular Hbond substituents is 2. The van der Waals surface area contributed by atoms with E-state index in [1.165, 1.54) is 6.07 Å². The molecular weight excluding hydrogens is 384 g/mol. The van der Waals surface area contributed by atoms with Gasteiger partial charge in [0.05, 0.1) is 0 Å². The number of piperazine rings is 1. The maximum absolute atomic E-state index is 12.8. The van der Waals surface area contributed by atoms with Gasteiger partial charge in [-0.2, -0.15) is 0 Å². The number of aromatic nitrogens is 2. The molecule has 8 heteroatoms. The van der Waals surface area contributed by atoms with E-state index in [1.807, 2.05) is 23.9 Å². The van der Waals surface area contributed by atoms with Gasteiger partial charge in [-0.05, 0) is 19.2 Å². The molecule has 1 aromatic carbocycles. The van der Waals surface area contributed by atoms with E-state index in [9.17, 15) is 15.0 Å². The topological polar surface area (TPSA) is 91.1 Å². The molecule has 30 heavy (non-hydrogen) atoms. The van der Waals surface area contributed by atoms with Crippen LogP contribution in [0.1, 0.15) is 15.9 Å². The largest absolute Gasteiger partial charge is 0.508 e. The van der Waals surface area contributed by atoms with Gasteiger partial charge in [-0.25, -0.2) is 4.98 Å². The first-order valence-corrected chi connectivity index (χ1v) is 9.80. The Morgan fingerprint density at radius 2 is 1.90 bits per heavy atom. The molecule has 0 atom stereocenters. The highest BCUT2D eigenvalue weighted by atomic mass is 16.5. The Bertz CT molecular complexity index is 1210. The number of rotatable bonds is 2. The van der Waals surface area contributed by atoms with Crippen LogP contribution in [-0.4, -0.2) is 63.7 Å². The monoisotopic (exact) mass is 406 g/mol. The van der Waals surface area contributed by atoms with E-state index in [4.69, 9.17) is 4.74 Å². The fourth-order valence-electron chi connectivity index (χ4n) is 4.16. The molecular formula is C22H22N4O4.